The van der Waals surface area contributed by atoms with Gasteiger partial charge in [0, 0.05) is 33.2 Å². The molecular formula is C11H20N2O2. The first-order chi connectivity index (χ1) is 7.31. The molecule has 0 aromatic carbocycles. The molecule has 1 saturated carbocycles. The molecule has 4 heteroatoms. The highest BCUT2D eigenvalue weighted by molar-refractivity contribution is 5.77. The Kier molecular flexibility index (Phi) is 3.59. The molecule has 0 aromatic rings. The summed E-state index contributed by atoms with van der Waals surface area (Å²) in [4.78, 5) is 14.0. The van der Waals surface area contributed by atoms with Crippen LogP contribution in [0.1, 0.15) is 19.3 Å². The number of carbonyl (C=O) groups excluding carboxylic acids is 1. The van der Waals surface area contributed by atoms with E-state index in [2.05, 4.69) is 5.32 Å². The quantitative estimate of drug-likeness (QED) is 0.725. The molecule has 1 N–H and O–H groups in total. The Morgan fingerprint density at radius 2 is 2.33 bits per heavy atom. The molecule has 86 valence electrons. The smallest absolute Gasteiger partial charge is 0.223 e. The lowest BCUT2D eigenvalue weighted by Gasteiger charge is -2.36. The van der Waals surface area contributed by atoms with E-state index in [1.807, 2.05) is 4.90 Å². The number of rotatable bonds is 4. The molecular weight excluding hydrogens is 192 g/mol. The summed E-state index contributed by atoms with van der Waals surface area (Å²) in [6.07, 6.45) is 3.24. The number of ether oxygens (including phenoxy) is 1. The lowest BCUT2D eigenvalue weighted by molar-refractivity contribution is -0.136. The zero-order valence-corrected chi connectivity index (χ0v) is 9.37. The highest BCUT2D eigenvalue weighted by Gasteiger charge is 2.31. The van der Waals surface area contributed by atoms with Gasteiger partial charge in [-0.05, 0) is 18.8 Å². The maximum atomic E-state index is 12.0. The Labute approximate surface area is 91.0 Å². The van der Waals surface area contributed by atoms with E-state index in [1.54, 1.807) is 7.11 Å². The predicted molar refractivity (Wildman–Crippen MR) is 57.6 cm³/mol. The van der Waals surface area contributed by atoms with Crippen molar-refractivity contribution in [3.05, 3.63) is 0 Å². The van der Waals surface area contributed by atoms with Crippen molar-refractivity contribution in [1.29, 1.82) is 0 Å². The van der Waals surface area contributed by atoms with Gasteiger partial charge in [-0.1, -0.05) is 0 Å². The van der Waals surface area contributed by atoms with Crippen LogP contribution in [0.3, 0.4) is 0 Å². The normalized spacial score (nSPS) is 26.7. The van der Waals surface area contributed by atoms with E-state index < -0.39 is 0 Å². The minimum absolute atomic E-state index is 0.231. The van der Waals surface area contributed by atoms with Gasteiger partial charge in [-0.2, -0.15) is 0 Å². The number of nitrogens with one attached hydrogen (secondary N) is 1. The first-order valence-corrected chi connectivity index (χ1v) is 5.80. The minimum Gasteiger partial charge on any atom is -0.382 e. The first-order valence-electron chi connectivity index (χ1n) is 5.80. The maximum Gasteiger partial charge on any atom is 0.223 e. The van der Waals surface area contributed by atoms with Crippen molar-refractivity contribution < 1.29 is 9.53 Å². The van der Waals surface area contributed by atoms with Gasteiger partial charge < -0.3 is 15.0 Å². The SMILES string of the molecule is COCC1CNCCN1C(=O)CC1CC1. The van der Waals surface area contributed by atoms with Crippen molar-refractivity contribution in [3.63, 3.8) is 0 Å². The van der Waals surface area contributed by atoms with Gasteiger partial charge in [0.15, 0.2) is 0 Å². The monoisotopic (exact) mass is 212 g/mol. The highest BCUT2D eigenvalue weighted by Crippen LogP contribution is 2.33. The van der Waals surface area contributed by atoms with Crippen molar-refractivity contribution in [2.24, 2.45) is 5.92 Å². The highest BCUT2D eigenvalue weighted by atomic mass is 16.5. The lowest BCUT2D eigenvalue weighted by Crippen LogP contribution is -2.55. The van der Waals surface area contributed by atoms with E-state index in [9.17, 15) is 4.79 Å². The zero-order chi connectivity index (χ0) is 10.7. The van der Waals surface area contributed by atoms with Crippen molar-refractivity contribution >= 4 is 5.91 Å². The molecule has 2 rings (SSSR count). The van der Waals surface area contributed by atoms with E-state index in [1.165, 1.54) is 12.8 Å². The van der Waals surface area contributed by atoms with Crippen molar-refractivity contribution in [3.8, 4) is 0 Å². The second-order valence-corrected chi connectivity index (χ2v) is 4.55. The summed E-state index contributed by atoms with van der Waals surface area (Å²) in [6, 6.07) is 0.231. The fourth-order valence-electron chi connectivity index (χ4n) is 2.12. The molecule has 1 saturated heterocycles. The molecule has 1 atom stereocenters. The van der Waals surface area contributed by atoms with Crippen LogP contribution in [0.2, 0.25) is 0 Å². The van der Waals surface area contributed by atoms with Crippen LogP contribution in [0.15, 0.2) is 0 Å². The number of piperazine rings is 1. The Bertz CT molecular complexity index is 227. The summed E-state index contributed by atoms with van der Waals surface area (Å²) in [5.41, 5.74) is 0. The lowest BCUT2D eigenvalue weighted by atomic mass is 10.1. The third kappa shape index (κ3) is 2.92. The van der Waals surface area contributed by atoms with Gasteiger partial charge in [-0.25, -0.2) is 0 Å². The fourth-order valence-corrected chi connectivity index (χ4v) is 2.12. The number of carbonyl (C=O) groups is 1. The number of hydrogen-bond donors (Lipinski definition) is 1. The van der Waals surface area contributed by atoms with Gasteiger partial charge >= 0.3 is 0 Å². The maximum absolute atomic E-state index is 12.0. The van der Waals surface area contributed by atoms with Gasteiger partial charge in [-0.3, -0.25) is 4.79 Å². The molecule has 0 spiro atoms. The molecule has 0 aromatic heterocycles. The van der Waals surface area contributed by atoms with Gasteiger partial charge in [0.05, 0.1) is 12.6 Å². The standard InChI is InChI=1S/C11H20N2O2/c1-15-8-10-7-12-4-5-13(10)11(14)6-9-2-3-9/h9-10,12H,2-8H2,1H3. The van der Waals surface area contributed by atoms with E-state index in [0.717, 1.165) is 26.1 Å². The number of methoxy groups -OCH3 is 1. The van der Waals surface area contributed by atoms with Crippen molar-refractivity contribution in [1.82, 2.24) is 10.2 Å². The fraction of sp³-hybridized carbons (Fsp3) is 0.909. The Morgan fingerprint density at radius 1 is 1.53 bits per heavy atom. The van der Waals surface area contributed by atoms with Gasteiger partial charge in [0.1, 0.15) is 0 Å². The minimum atomic E-state index is 0.231. The zero-order valence-electron chi connectivity index (χ0n) is 9.37. The Balaban J connectivity index is 1.87. The summed E-state index contributed by atoms with van der Waals surface area (Å²) in [5, 5.41) is 3.30. The van der Waals surface area contributed by atoms with Crippen LogP contribution >= 0.6 is 0 Å². The van der Waals surface area contributed by atoms with Crippen LogP contribution in [0.4, 0.5) is 0 Å². The summed E-state index contributed by atoms with van der Waals surface area (Å²) in [7, 11) is 1.69. The molecule has 1 aliphatic carbocycles. The third-order valence-electron chi connectivity index (χ3n) is 3.19. The van der Waals surface area contributed by atoms with Crippen LogP contribution in [-0.4, -0.2) is 50.2 Å². The molecule has 1 unspecified atom stereocenters. The van der Waals surface area contributed by atoms with Gasteiger partial charge in [0.2, 0.25) is 5.91 Å². The first kappa shape index (κ1) is 10.9. The summed E-state index contributed by atoms with van der Waals surface area (Å²) in [5.74, 6) is 0.997. The van der Waals surface area contributed by atoms with Crippen LogP contribution in [-0.2, 0) is 9.53 Å². The molecule has 2 aliphatic rings. The average molecular weight is 212 g/mol. The molecule has 0 bridgehead atoms. The van der Waals surface area contributed by atoms with Gasteiger partial charge in [-0.15, -0.1) is 0 Å². The van der Waals surface area contributed by atoms with Crippen LogP contribution in [0.25, 0.3) is 0 Å². The molecule has 1 heterocycles. The topological polar surface area (TPSA) is 41.6 Å². The molecule has 2 fully saturated rings. The number of hydrogen-bond acceptors (Lipinski definition) is 3. The Morgan fingerprint density at radius 3 is 3.00 bits per heavy atom. The number of amides is 1. The summed E-state index contributed by atoms with van der Waals surface area (Å²) in [6.45, 7) is 3.25. The molecule has 1 amide bonds. The van der Waals surface area contributed by atoms with Gasteiger partial charge in [0.25, 0.3) is 0 Å². The number of nitrogens with zero attached hydrogens (tertiary/aromatic N) is 1. The van der Waals surface area contributed by atoms with E-state index in [0.29, 0.717) is 18.4 Å². The molecule has 15 heavy (non-hydrogen) atoms. The third-order valence-corrected chi connectivity index (χ3v) is 3.19. The largest absolute Gasteiger partial charge is 0.382 e. The molecule has 0 radical (unpaired) electrons. The van der Waals surface area contributed by atoms with Crippen LogP contribution in [0, 0.1) is 5.92 Å². The van der Waals surface area contributed by atoms with E-state index in [4.69, 9.17) is 4.74 Å². The van der Waals surface area contributed by atoms with Crippen molar-refractivity contribution in [2.75, 3.05) is 33.4 Å². The van der Waals surface area contributed by atoms with Crippen molar-refractivity contribution in [2.45, 2.75) is 25.3 Å². The van der Waals surface area contributed by atoms with E-state index >= 15 is 0 Å². The predicted octanol–water partition coefficient (Wildman–Crippen LogP) is 0.233. The second kappa shape index (κ2) is 4.94. The molecule has 1 aliphatic heterocycles. The Hall–Kier alpha value is -0.610. The molecule has 4 nitrogen and oxygen atoms in total. The van der Waals surface area contributed by atoms with Crippen LogP contribution < -0.4 is 5.32 Å². The summed E-state index contributed by atoms with van der Waals surface area (Å²) >= 11 is 0. The summed E-state index contributed by atoms with van der Waals surface area (Å²) < 4.78 is 5.15. The average Bonchev–Trinajstić information content (AvgIpc) is 3.03. The van der Waals surface area contributed by atoms with Crippen LogP contribution in [0.5, 0.6) is 0 Å². The second-order valence-electron chi connectivity index (χ2n) is 4.55. The van der Waals surface area contributed by atoms with E-state index in [-0.39, 0.29) is 6.04 Å².